The molecule has 0 aliphatic rings. The molecule has 0 saturated carbocycles. The van der Waals surface area contributed by atoms with E-state index < -0.39 is 11.6 Å². The first-order valence-corrected chi connectivity index (χ1v) is 5.35. The molecule has 17 heavy (non-hydrogen) atoms. The lowest BCUT2D eigenvalue weighted by Gasteiger charge is -2.07. The molecule has 1 heterocycles. The summed E-state index contributed by atoms with van der Waals surface area (Å²) in [6.45, 7) is 0. The Morgan fingerprint density at radius 3 is 2.71 bits per heavy atom. The van der Waals surface area contributed by atoms with E-state index in [0.29, 0.717) is 0 Å². The van der Waals surface area contributed by atoms with Crippen molar-refractivity contribution < 1.29 is 8.78 Å². The Labute approximate surface area is 104 Å². The highest BCUT2D eigenvalue weighted by Crippen LogP contribution is 2.24. The number of benzene rings is 1. The van der Waals surface area contributed by atoms with Gasteiger partial charge in [0.2, 0.25) is 5.95 Å². The van der Waals surface area contributed by atoms with Crippen LogP contribution in [0.2, 0.25) is 0 Å². The van der Waals surface area contributed by atoms with Gasteiger partial charge in [0.25, 0.3) is 0 Å². The zero-order valence-corrected chi connectivity index (χ0v) is 10.0. The summed E-state index contributed by atoms with van der Waals surface area (Å²) in [6.07, 6.45) is 1.41. The molecule has 2 rings (SSSR count). The maximum atomic E-state index is 13.5. The monoisotopic (exact) mass is 300 g/mol. The molecule has 0 saturated heterocycles. The van der Waals surface area contributed by atoms with E-state index in [1.54, 1.807) is 0 Å². The van der Waals surface area contributed by atoms with Crippen LogP contribution in [0.15, 0.2) is 28.9 Å². The van der Waals surface area contributed by atoms with Crippen LogP contribution in [0.5, 0.6) is 0 Å². The van der Waals surface area contributed by atoms with Crippen LogP contribution in [0.4, 0.5) is 26.2 Å². The highest BCUT2D eigenvalue weighted by atomic mass is 79.9. The molecule has 3 N–H and O–H groups in total. The summed E-state index contributed by atoms with van der Waals surface area (Å²) in [7, 11) is 0. The quantitative estimate of drug-likeness (QED) is 0.837. The molecule has 0 radical (unpaired) electrons. The maximum Gasteiger partial charge on any atom is 0.229 e. The third-order valence-electron chi connectivity index (χ3n) is 1.93. The lowest BCUT2D eigenvalue weighted by molar-refractivity contribution is 0.597. The third-order valence-corrected chi connectivity index (χ3v) is 2.54. The van der Waals surface area contributed by atoms with Gasteiger partial charge in [0.15, 0.2) is 0 Å². The highest BCUT2D eigenvalue weighted by Gasteiger charge is 2.09. The Kier molecular flexibility index (Phi) is 3.19. The third kappa shape index (κ3) is 2.68. The molecule has 0 bridgehead atoms. The number of hydrogen-bond acceptors (Lipinski definition) is 4. The molecule has 0 fully saturated rings. The fraction of sp³-hybridized carbons (Fsp3) is 0. The van der Waals surface area contributed by atoms with Crippen molar-refractivity contribution in [2.75, 3.05) is 11.1 Å². The van der Waals surface area contributed by atoms with E-state index in [9.17, 15) is 8.78 Å². The fourth-order valence-corrected chi connectivity index (χ4v) is 1.49. The lowest BCUT2D eigenvalue weighted by atomic mass is 10.3. The summed E-state index contributed by atoms with van der Waals surface area (Å²) in [6, 6.07) is 3.51. The van der Waals surface area contributed by atoms with E-state index in [1.807, 2.05) is 0 Å². The highest BCUT2D eigenvalue weighted by molar-refractivity contribution is 9.10. The van der Waals surface area contributed by atoms with Gasteiger partial charge < -0.3 is 11.1 Å². The number of nitrogens with zero attached hydrogens (tertiary/aromatic N) is 2. The molecule has 0 spiro atoms. The standard InChI is InChI=1S/C10H7BrF2N4/c11-5-3-7(13)8(4-6(5)12)16-10-15-2-1-9(14)17-10/h1-4H,(H3,14,15,16,17). The topological polar surface area (TPSA) is 63.8 Å². The normalized spacial score (nSPS) is 10.3. The molecule has 1 aromatic carbocycles. The van der Waals surface area contributed by atoms with Gasteiger partial charge in [-0.05, 0) is 28.1 Å². The second-order valence-corrected chi connectivity index (χ2v) is 4.03. The summed E-state index contributed by atoms with van der Waals surface area (Å²) in [5.74, 6) is -0.867. The van der Waals surface area contributed by atoms with Gasteiger partial charge in [0.1, 0.15) is 17.5 Å². The second-order valence-electron chi connectivity index (χ2n) is 3.18. The van der Waals surface area contributed by atoms with Gasteiger partial charge in [0.05, 0.1) is 10.2 Å². The summed E-state index contributed by atoms with van der Waals surface area (Å²) >= 11 is 2.88. The Bertz CT molecular complexity index is 562. The number of halogens is 3. The van der Waals surface area contributed by atoms with Crippen LogP contribution in [0, 0.1) is 11.6 Å². The minimum atomic E-state index is -0.621. The molecule has 0 atom stereocenters. The average Bonchev–Trinajstić information content (AvgIpc) is 2.26. The van der Waals surface area contributed by atoms with Crippen molar-refractivity contribution in [3.05, 3.63) is 40.5 Å². The molecular weight excluding hydrogens is 294 g/mol. The predicted molar refractivity (Wildman–Crippen MR) is 63.8 cm³/mol. The SMILES string of the molecule is Nc1ccnc(Nc2cc(F)c(Br)cc2F)n1. The van der Waals surface area contributed by atoms with Crippen LogP contribution in [0.1, 0.15) is 0 Å². The number of aromatic nitrogens is 2. The molecule has 0 aliphatic heterocycles. The molecule has 4 nitrogen and oxygen atoms in total. The Balaban J connectivity index is 2.33. The van der Waals surface area contributed by atoms with Crippen LogP contribution >= 0.6 is 15.9 Å². The molecule has 0 unspecified atom stereocenters. The molecular formula is C10H7BrF2N4. The number of rotatable bonds is 2. The maximum absolute atomic E-state index is 13.5. The van der Waals surface area contributed by atoms with Crippen molar-refractivity contribution in [1.29, 1.82) is 0 Å². The van der Waals surface area contributed by atoms with Gasteiger partial charge in [-0.1, -0.05) is 0 Å². The first-order chi connectivity index (χ1) is 8.06. The van der Waals surface area contributed by atoms with Gasteiger partial charge in [-0.25, -0.2) is 13.8 Å². The van der Waals surface area contributed by atoms with Crippen molar-refractivity contribution in [1.82, 2.24) is 9.97 Å². The predicted octanol–water partition coefficient (Wildman–Crippen LogP) is 2.84. The van der Waals surface area contributed by atoms with Gasteiger partial charge >= 0.3 is 0 Å². The number of nitrogens with one attached hydrogen (secondary N) is 1. The number of nitrogens with two attached hydrogens (primary N) is 1. The fourth-order valence-electron chi connectivity index (χ4n) is 1.17. The minimum absolute atomic E-state index is 0.0500. The molecule has 88 valence electrons. The Hall–Kier alpha value is -1.76. The number of anilines is 3. The van der Waals surface area contributed by atoms with Gasteiger partial charge in [0, 0.05) is 12.3 Å². The Morgan fingerprint density at radius 1 is 1.24 bits per heavy atom. The van der Waals surface area contributed by atoms with E-state index in [4.69, 9.17) is 5.73 Å². The van der Waals surface area contributed by atoms with E-state index in [0.717, 1.165) is 12.1 Å². The number of hydrogen-bond donors (Lipinski definition) is 2. The van der Waals surface area contributed by atoms with E-state index in [-0.39, 0.29) is 21.9 Å². The summed E-state index contributed by atoms with van der Waals surface area (Å²) in [4.78, 5) is 7.64. The Morgan fingerprint density at radius 2 is 2.00 bits per heavy atom. The molecule has 7 heteroatoms. The summed E-state index contributed by atoms with van der Waals surface area (Å²) in [5, 5.41) is 2.54. The van der Waals surface area contributed by atoms with E-state index >= 15 is 0 Å². The second kappa shape index (κ2) is 4.62. The molecule has 2 aromatic rings. The van der Waals surface area contributed by atoms with Crippen LogP contribution in [-0.4, -0.2) is 9.97 Å². The van der Waals surface area contributed by atoms with Crippen LogP contribution in [-0.2, 0) is 0 Å². The van der Waals surface area contributed by atoms with Crippen LogP contribution in [0.25, 0.3) is 0 Å². The first kappa shape index (κ1) is 11.7. The van der Waals surface area contributed by atoms with Crippen molar-refractivity contribution >= 4 is 33.4 Å². The summed E-state index contributed by atoms with van der Waals surface area (Å²) < 4.78 is 26.7. The first-order valence-electron chi connectivity index (χ1n) is 4.56. The van der Waals surface area contributed by atoms with Crippen LogP contribution in [0.3, 0.4) is 0 Å². The molecule has 1 aromatic heterocycles. The zero-order chi connectivity index (χ0) is 12.4. The van der Waals surface area contributed by atoms with Crippen molar-refractivity contribution in [2.45, 2.75) is 0 Å². The van der Waals surface area contributed by atoms with E-state index in [2.05, 4.69) is 31.2 Å². The lowest BCUT2D eigenvalue weighted by Crippen LogP contribution is -2.01. The van der Waals surface area contributed by atoms with Crippen molar-refractivity contribution in [3.8, 4) is 0 Å². The number of nitrogen functional groups attached to an aromatic ring is 1. The van der Waals surface area contributed by atoms with Crippen molar-refractivity contribution in [3.63, 3.8) is 0 Å². The zero-order valence-electron chi connectivity index (χ0n) is 8.42. The average molecular weight is 301 g/mol. The van der Waals surface area contributed by atoms with Gasteiger partial charge in [-0.3, -0.25) is 0 Å². The smallest absolute Gasteiger partial charge is 0.229 e. The minimum Gasteiger partial charge on any atom is -0.384 e. The van der Waals surface area contributed by atoms with E-state index in [1.165, 1.54) is 12.3 Å². The molecule has 0 aliphatic carbocycles. The van der Waals surface area contributed by atoms with Crippen molar-refractivity contribution in [2.24, 2.45) is 0 Å². The van der Waals surface area contributed by atoms with Crippen LogP contribution < -0.4 is 11.1 Å². The summed E-state index contributed by atoms with van der Waals surface area (Å²) in [5.41, 5.74) is 5.38. The largest absolute Gasteiger partial charge is 0.384 e. The molecule has 0 amide bonds. The van der Waals surface area contributed by atoms with Gasteiger partial charge in [-0.2, -0.15) is 4.98 Å². The van der Waals surface area contributed by atoms with Gasteiger partial charge in [-0.15, -0.1) is 0 Å².